The maximum absolute atomic E-state index is 14.3. The first-order chi connectivity index (χ1) is 22.4. The number of carbonyl (C=O) groups excluding carboxylic acids is 1. The number of anilines is 1. The number of carbonyl (C=O) groups is 1. The van der Waals surface area contributed by atoms with E-state index in [0.717, 1.165) is 22.2 Å². The SMILES string of the molecule is COc1ccc(Cn2nc3nc(N4CC5COCC(C4)N5C(=O)OC(C)(C)C)n(C)c(=O)c3c2-c2ccc3nn(C)cc3c2Cl)cc1. The fraction of sp³-hybridized carbons (Fsp3) is 0.424. The molecule has 7 rings (SSSR count). The van der Waals surface area contributed by atoms with Gasteiger partial charge in [0.15, 0.2) is 5.65 Å². The maximum atomic E-state index is 14.3. The Balaban J connectivity index is 1.33. The van der Waals surface area contributed by atoms with Crippen LogP contribution in [0.3, 0.4) is 0 Å². The minimum absolute atomic E-state index is 0.251. The summed E-state index contributed by atoms with van der Waals surface area (Å²) < 4.78 is 22.0. The van der Waals surface area contributed by atoms with Gasteiger partial charge in [-0.2, -0.15) is 15.2 Å². The highest BCUT2D eigenvalue weighted by molar-refractivity contribution is 6.38. The van der Waals surface area contributed by atoms with Crippen molar-refractivity contribution in [1.29, 1.82) is 0 Å². The lowest BCUT2D eigenvalue weighted by molar-refractivity contribution is -0.0667. The molecule has 0 aliphatic carbocycles. The van der Waals surface area contributed by atoms with Crippen LogP contribution in [-0.2, 0) is 30.1 Å². The zero-order chi connectivity index (χ0) is 33.2. The Hall–Kier alpha value is -4.62. The lowest BCUT2D eigenvalue weighted by Gasteiger charge is -2.49. The molecule has 246 valence electrons. The number of hydrogen-bond acceptors (Lipinski definition) is 9. The highest BCUT2D eigenvalue weighted by atomic mass is 35.5. The molecule has 0 N–H and O–H groups in total. The summed E-state index contributed by atoms with van der Waals surface area (Å²) in [6, 6.07) is 10.9. The van der Waals surface area contributed by atoms with E-state index in [2.05, 4.69) is 5.10 Å². The summed E-state index contributed by atoms with van der Waals surface area (Å²) >= 11 is 7.04. The van der Waals surface area contributed by atoms with E-state index in [1.54, 1.807) is 33.0 Å². The number of fused-ring (bicyclic) bond motifs is 4. The highest BCUT2D eigenvalue weighted by Gasteiger charge is 2.44. The predicted molar refractivity (Wildman–Crippen MR) is 178 cm³/mol. The molecule has 2 bridgehead atoms. The quantitative estimate of drug-likeness (QED) is 0.273. The third-order valence-corrected chi connectivity index (χ3v) is 9.01. The second kappa shape index (κ2) is 11.6. The molecule has 0 saturated carbocycles. The Morgan fingerprint density at radius 1 is 1.04 bits per heavy atom. The third kappa shape index (κ3) is 5.57. The minimum atomic E-state index is -0.618. The van der Waals surface area contributed by atoms with E-state index >= 15 is 0 Å². The zero-order valence-corrected chi connectivity index (χ0v) is 28.0. The number of aryl methyl sites for hydroxylation is 1. The molecule has 2 aromatic carbocycles. The summed E-state index contributed by atoms with van der Waals surface area (Å²) in [7, 11) is 5.18. The summed E-state index contributed by atoms with van der Waals surface area (Å²) in [5, 5.41) is 11.0. The van der Waals surface area contributed by atoms with Gasteiger partial charge in [0.25, 0.3) is 5.56 Å². The number of methoxy groups -OCH3 is 1. The molecule has 1 amide bonds. The Bertz CT molecular complexity index is 2050. The van der Waals surface area contributed by atoms with Gasteiger partial charge in [-0.05, 0) is 50.6 Å². The van der Waals surface area contributed by atoms with Gasteiger partial charge in [0.05, 0.1) is 55.2 Å². The number of hydrogen-bond donors (Lipinski definition) is 0. The van der Waals surface area contributed by atoms with Gasteiger partial charge in [0, 0.05) is 44.3 Å². The molecular weight excluding hydrogens is 624 g/mol. The number of aromatic nitrogens is 6. The molecule has 2 saturated heterocycles. The van der Waals surface area contributed by atoms with Crippen molar-refractivity contribution in [2.45, 2.75) is 45.0 Å². The van der Waals surface area contributed by atoms with E-state index in [9.17, 15) is 9.59 Å². The summed E-state index contributed by atoms with van der Waals surface area (Å²) in [5.74, 6) is 1.21. The van der Waals surface area contributed by atoms with Crippen molar-refractivity contribution in [3.8, 4) is 17.0 Å². The van der Waals surface area contributed by atoms with Crippen LogP contribution in [0.1, 0.15) is 26.3 Å². The third-order valence-electron chi connectivity index (χ3n) is 8.60. The van der Waals surface area contributed by atoms with Crippen molar-refractivity contribution in [3.05, 3.63) is 63.5 Å². The Labute approximate surface area is 276 Å². The molecule has 3 aromatic heterocycles. The second-order valence-corrected chi connectivity index (χ2v) is 13.5. The minimum Gasteiger partial charge on any atom is -0.497 e. The van der Waals surface area contributed by atoms with Crippen molar-refractivity contribution in [2.24, 2.45) is 14.1 Å². The largest absolute Gasteiger partial charge is 0.497 e. The van der Waals surface area contributed by atoms with Gasteiger partial charge >= 0.3 is 6.09 Å². The maximum Gasteiger partial charge on any atom is 0.411 e. The van der Waals surface area contributed by atoms with Crippen LogP contribution in [0, 0.1) is 0 Å². The van der Waals surface area contributed by atoms with Crippen LogP contribution in [0.4, 0.5) is 10.7 Å². The van der Waals surface area contributed by atoms with Crippen LogP contribution >= 0.6 is 11.6 Å². The summed E-state index contributed by atoms with van der Waals surface area (Å²) in [5.41, 5.74) is 2.39. The van der Waals surface area contributed by atoms with Gasteiger partial charge in [0.2, 0.25) is 5.95 Å². The van der Waals surface area contributed by atoms with E-state index < -0.39 is 5.60 Å². The van der Waals surface area contributed by atoms with E-state index in [0.29, 0.717) is 66.1 Å². The van der Waals surface area contributed by atoms with E-state index in [1.165, 1.54) is 0 Å². The van der Waals surface area contributed by atoms with Gasteiger partial charge in [-0.15, -0.1) is 0 Å². The molecule has 2 atom stereocenters. The molecule has 14 heteroatoms. The first kappa shape index (κ1) is 31.0. The molecule has 2 fully saturated rings. The molecule has 0 spiro atoms. The first-order valence-electron chi connectivity index (χ1n) is 15.5. The second-order valence-electron chi connectivity index (χ2n) is 13.1. The average Bonchev–Trinajstić information content (AvgIpc) is 3.58. The van der Waals surface area contributed by atoms with Crippen molar-refractivity contribution in [3.63, 3.8) is 0 Å². The van der Waals surface area contributed by atoms with Gasteiger partial charge in [-0.3, -0.25) is 23.6 Å². The van der Waals surface area contributed by atoms with Crippen molar-refractivity contribution in [1.82, 2.24) is 34.0 Å². The molecule has 47 heavy (non-hydrogen) atoms. The predicted octanol–water partition coefficient (Wildman–Crippen LogP) is 4.22. The summed E-state index contributed by atoms with van der Waals surface area (Å²) in [6.07, 6.45) is 1.50. The zero-order valence-electron chi connectivity index (χ0n) is 27.2. The monoisotopic (exact) mass is 660 g/mol. The number of piperazine rings is 1. The number of nitrogens with zero attached hydrogens (tertiary/aromatic N) is 8. The molecule has 13 nitrogen and oxygen atoms in total. The van der Waals surface area contributed by atoms with Gasteiger partial charge in [-0.1, -0.05) is 23.7 Å². The Kier molecular flexibility index (Phi) is 7.63. The van der Waals surface area contributed by atoms with Crippen LogP contribution in [0.5, 0.6) is 5.75 Å². The number of halogens is 1. The molecule has 5 aromatic rings. The van der Waals surface area contributed by atoms with Crippen LogP contribution in [0.15, 0.2) is 47.4 Å². The van der Waals surface area contributed by atoms with E-state index in [-0.39, 0.29) is 23.7 Å². The van der Waals surface area contributed by atoms with Gasteiger partial charge in [0.1, 0.15) is 16.7 Å². The van der Waals surface area contributed by atoms with Gasteiger partial charge in [-0.25, -0.2) is 4.79 Å². The smallest absolute Gasteiger partial charge is 0.411 e. The Morgan fingerprint density at radius 3 is 2.40 bits per heavy atom. The topological polar surface area (TPSA) is 122 Å². The fourth-order valence-corrected chi connectivity index (χ4v) is 6.83. The standard InChI is InChI=1S/C33H37ClN8O5/c1-33(2,3)47-32(44)42-20-14-40(15-21(42)18-46-17-20)31-35-29-26(30(43)39(31)5)28(23-11-12-25-24(27(23)34)16-38(4)36-25)41(37-29)13-19-7-9-22(45-6)10-8-19/h7-12,16,20-21H,13-15,17-18H2,1-6H3. The Morgan fingerprint density at radius 2 is 1.74 bits per heavy atom. The van der Waals surface area contributed by atoms with Gasteiger partial charge < -0.3 is 19.1 Å². The molecule has 0 radical (unpaired) electrons. The highest BCUT2D eigenvalue weighted by Crippen LogP contribution is 2.37. The molecule has 2 aliphatic rings. The number of morpholine rings is 1. The van der Waals surface area contributed by atoms with Crippen molar-refractivity contribution < 1.29 is 19.0 Å². The fourth-order valence-electron chi connectivity index (χ4n) is 6.53. The summed E-state index contributed by atoms with van der Waals surface area (Å²) in [6.45, 7) is 7.49. The van der Waals surface area contributed by atoms with E-state index in [4.69, 9.17) is 35.9 Å². The number of benzene rings is 2. The number of rotatable bonds is 5. The number of ether oxygens (including phenoxy) is 3. The van der Waals surface area contributed by atoms with Crippen LogP contribution in [-0.4, -0.2) is 91.2 Å². The van der Waals surface area contributed by atoms with Crippen molar-refractivity contribution >= 4 is 45.6 Å². The van der Waals surface area contributed by atoms with E-state index in [1.807, 2.05) is 75.3 Å². The normalized spacial score (nSPS) is 18.3. The summed E-state index contributed by atoms with van der Waals surface area (Å²) in [4.78, 5) is 36.3. The van der Waals surface area contributed by atoms with Crippen molar-refractivity contribution in [2.75, 3.05) is 38.3 Å². The number of amides is 1. The van der Waals surface area contributed by atoms with Crippen LogP contribution in [0.2, 0.25) is 5.02 Å². The molecular formula is C33H37ClN8O5. The first-order valence-corrected chi connectivity index (χ1v) is 15.9. The van der Waals surface area contributed by atoms with Crippen LogP contribution < -0.4 is 15.2 Å². The molecule has 5 heterocycles. The average molecular weight is 661 g/mol. The molecule has 2 unspecified atom stereocenters. The molecule has 2 aliphatic heterocycles. The van der Waals surface area contributed by atoms with Crippen LogP contribution in [0.25, 0.3) is 33.2 Å². The lowest BCUT2D eigenvalue weighted by Crippen LogP contribution is -2.67. The lowest BCUT2D eigenvalue weighted by atomic mass is 10.1.